The Kier molecular flexibility index (Phi) is 3.39. The van der Waals surface area contributed by atoms with Crippen LogP contribution in [0.25, 0.3) is 11.3 Å². The second-order valence-corrected chi connectivity index (χ2v) is 4.87. The van der Waals surface area contributed by atoms with E-state index in [4.69, 9.17) is 4.42 Å². The lowest BCUT2D eigenvalue weighted by Gasteiger charge is -2.07. The predicted molar refractivity (Wildman–Crippen MR) is 69.9 cm³/mol. The van der Waals surface area contributed by atoms with E-state index >= 15 is 0 Å². The molecule has 84 valence electrons. The average molecular weight is 232 g/mol. The molecule has 0 aliphatic heterocycles. The van der Waals surface area contributed by atoms with Gasteiger partial charge in [-0.1, -0.05) is 32.0 Å². The van der Waals surface area contributed by atoms with Crippen LogP contribution in [-0.4, -0.2) is 0 Å². The summed E-state index contributed by atoms with van der Waals surface area (Å²) >= 11 is 4.46. The lowest BCUT2D eigenvalue weighted by Crippen LogP contribution is -1.94. The van der Waals surface area contributed by atoms with E-state index in [1.807, 2.05) is 24.3 Å². The van der Waals surface area contributed by atoms with Gasteiger partial charge in [-0.15, -0.1) is 12.6 Å². The number of hydrogen-bond acceptors (Lipinski definition) is 2. The van der Waals surface area contributed by atoms with Crippen molar-refractivity contribution in [2.45, 2.75) is 25.2 Å². The fraction of sp³-hybridized carbons (Fsp3) is 0.286. The van der Waals surface area contributed by atoms with Gasteiger partial charge < -0.3 is 4.42 Å². The first-order chi connectivity index (χ1) is 7.68. The summed E-state index contributed by atoms with van der Waals surface area (Å²) in [5, 5.41) is 0. The van der Waals surface area contributed by atoms with Gasteiger partial charge in [0.2, 0.25) is 0 Å². The Bertz CT molecular complexity index is 471. The summed E-state index contributed by atoms with van der Waals surface area (Å²) in [5.41, 5.74) is 2.34. The fourth-order valence-corrected chi connectivity index (χ4v) is 2.10. The summed E-state index contributed by atoms with van der Waals surface area (Å²) in [7, 11) is 0. The van der Waals surface area contributed by atoms with Crippen LogP contribution >= 0.6 is 12.6 Å². The van der Waals surface area contributed by atoms with Gasteiger partial charge in [-0.3, -0.25) is 0 Å². The van der Waals surface area contributed by atoms with Gasteiger partial charge in [0, 0.05) is 10.5 Å². The first-order valence-electron chi connectivity index (χ1n) is 5.53. The molecule has 1 aromatic heterocycles. The van der Waals surface area contributed by atoms with Gasteiger partial charge >= 0.3 is 0 Å². The van der Waals surface area contributed by atoms with Gasteiger partial charge in [0.1, 0.15) is 5.76 Å². The fourth-order valence-electron chi connectivity index (χ4n) is 1.84. The molecule has 1 aromatic carbocycles. The molecule has 0 N–H and O–H groups in total. The molecule has 2 aromatic rings. The second kappa shape index (κ2) is 4.79. The molecule has 2 heteroatoms. The molecule has 16 heavy (non-hydrogen) atoms. The zero-order valence-electron chi connectivity index (χ0n) is 9.60. The maximum Gasteiger partial charge on any atom is 0.138 e. The predicted octanol–water partition coefficient (Wildman–Crippen LogP) is 4.43. The minimum atomic E-state index is 0.628. The molecule has 0 amide bonds. The van der Waals surface area contributed by atoms with Gasteiger partial charge in [0.15, 0.2) is 0 Å². The van der Waals surface area contributed by atoms with Crippen molar-refractivity contribution in [2.75, 3.05) is 0 Å². The van der Waals surface area contributed by atoms with Crippen molar-refractivity contribution in [2.24, 2.45) is 5.92 Å². The molecular weight excluding hydrogens is 216 g/mol. The Morgan fingerprint density at radius 1 is 1.19 bits per heavy atom. The zero-order valence-corrected chi connectivity index (χ0v) is 10.5. The number of rotatable bonds is 3. The van der Waals surface area contributed by atoms with Crippen LogP contribution in [0.4, 0.5) is 0 Å². The van der Waals surface area contributed by atoms with Crippen LogP contribution in [0.2, 0.25) is 0 Å². The summed E-state index contributed by atoms with van der Waals surface area (Å²) in [6, 6.07) is 10.1. The summed E-state index contributed by atoms with van der Waals surface area (Å²) in [4.78, 5) is 0.961. The van der Waals surface area contributed by atoms with Crippen molar-refractivity contribution in [3.8, 4) is 11.3 Å². The number of hydrogen-bond donors (Lipinski definition) is 1. The lowest BCUT2D eigenvalue weighted by atomic mass is 10.0. The van der Waals surface area contributed by atoms with Gasteiger partial charge in [0.25, 0.3) is 0 Å². The molecule has 0 bridgehead atoms. The van der Waals surface area contributed by atoms with Gasteiger partial charge in [-0.2, -0.15) is 0 Å². The largest absolute Gasteiger partial charge is 0.464 e. The van der Waals surface area contributed by atoms with Crippen molar-refractivity contribution in [3.63, 3.8) is 0 Å². The highest BCUT2D eigenvalue weighted by molar-refractivity contribution is 7.80. The minimum absolute atomic E-state index is 0.628. The van der Waals surface area contributed by atoms with Crippen molar-refractivity contribution in [3.05, 3.63) is 42.2 Å². The Morgan fingerprint density at radius 3 is 2.62 bits per heavy atom. The summed E-state index contributed by atoms with van der Waals surface area (Å²) in [6.07, 6.45) is 2.79. The van der Waals surface area contributed by atoms with E-state index in [9.17, 15) is 0 Å². The highest BCUT2D eigenvalue weighted by atomic mass is 32.1. The van der Waals surface area contributed by atoms with Crippen molar-refractivity contribution < 1.29 is 4.42 Å². The van der Waals surface area contributed by atoms with Crippen LogP contribution in [0.5, 0.6) is 0 Å². The first-order valence-corrected chi connectivity index (χ1v) is 5.98. The second-order valence-electron chi connectivity index (χ2n) is 4.39. The standard InChI is InChI=1S/C14H16OS/c1-10(2)9-11-7-8-15-14(11)12-5-3-4-6-13(12)16/h3-8,10,16H,9H2,1-2H3. The summed E-state index contributed by atoms with van der Waals surface area (Å²) < 4.78 is 5.58. The van der Waals surface area contributed by atoms with E-state index in [-0.39, 0.29) is 0 Å². The zero-order chi connectivity index (χ0) is 11.5. The molecule has 1 nitrogen and oxygen atoms in total. The Balaban J connectivity index is 2.41. The average Bonchev–Trinajstić information content (AvgIpc) is 2.66. The van der Waals surface area contributed by atoms with Crippen LogP contribution in [0.15, 0.2) is 45.9 Å². The Labute approximate surface area is 102 Å². The van der Waals surface area contributed by atoms with Gasteiger partial charge in [0.05, 0.1) is 6.26 Å². The highest BCUT2D eigenvalue weighted by Gasteiger charge is 2.12. The third-order valence-corrected chi connectivity index (χ3v) is 2.91. The molecule has 0 saturated carbocycles. The van der Waals surface area contributed by atoms with Crippen LogP contribution in [0.3, 0.4) is 0 Å². The normalized spacial score (nSPS) is 11.0. The van der Waals surface area contributed by atoms with E-state index in [0.29, 0.717) is 5.92 Å². The van der Waals surface area contributed by atoms with Crippen LogP contribution in [0, 0.1) is 5.92 Å². The highest BCUT2D eigenvalue weighted by Crippen LogP contribution is 2.31. The molecule has 1 heterocycles. The van der Waals surface area contributed by atoms with Gasteiger partial charge in [-0.05, 0) is 30.0 Å². The van der Waals surface area contributed by atoms with Crippen LogP contribution in [-0.2, 0) is 6.42 Å². The van der Waals surface area contributed by atoms with Crippen molar-refractivity contribution in [1.82, 2.24) is 0 Å². The third kappa shape index (κ3) is 2.33. The number of furan rings is 1. The molecule has 0 saturated heterocycles. The van der Waals surface area contributed by atoms with E-state index in [0.717, 1.165) is 22.6 Å². The van der Waals surface area contributed by atoms with Crippen LogP contribution in [0.1, 0.15) is 19.4 Å². The minimum Gasteiger partial charge on any atom is -0.464 e. The monoisotopic (exact) mass is 232 g/mol. The number of thiol groups is 1. The summed E-state index contributed by atoms with van der Waals surface area (Å²) in [5.74, 6) is 1.59. The molecule has 0 aliphatic rings. The quantitative estimate of drug-likeness (QED) is 0.772. The molecule has 2 rings (SSSR count). The topological polar surface area (TPSA) is 13.1 Å². The molecule has 0 aliphatic carbocycles. The molecule has 0 fully saturated rings. The van der Waals surface area contributed by atoms with E-state index in [1.54, 1.807) is 6.26 Å². The van der Waals surface area contributed by atoms with Crippen molar-refractivity contribution in [1.29, 1.82) is 0 Å². The van der Waals surface area contributed by atoms with E-state index < -0.39 is 0 Å². The maximum absolute atomic E-state index is 5.58. The molecule has 0 radical (unpaired) electrons. The molecule has 0 spiro atoms. The van der Waals surface area contributed by atoms with Crippen molar-refractivity contribution >= 4 is 12.6 Å². The SMILES string of the molecule is CC(C)Cc1ccoc1-c1ccccc1S. The van der Waals surface area contributed by atoms with E-state index in [1.165, 1.54) is 5.56 Å². The number of benzene rings is 1. The molecular formula is C14H16OS. The lowest BCUT2D eigenvalue weighted by molar-refractivity contribution is 0.571. The molecule has 0 unspecified atom stereocenters. The summed E-state index contributed by atoms with van der Waals surface area (Å²) in [6.45, 7) is 4.42. The van der Waals surface area contributed by atoms with Crippen LogP contribution < -0.4 is 0 Å². The first kappa shape index (κ1) is 11.3. The molecule has 0 atom stereocenters. The maximum atomic E-state index is 5.58. The third-order valence-electron chi connectivity index (χ3n) is 2.52. The Morgan fingerprint density at radius 2 is 1.94 bits per heavy atom. The van der Waals surface area contributed by atoms with E-state index in [2.05, 4.69) is 32.5 Å². The smallest absolute Gasteiger partial charge is 0.138 e. The Hall–Kier alpha value is -1.15. The van der Waals surface area contributed by atoms with Gasteiger partial charge in [-0.25, -0.2) is 0 Å².